The second-order valence-electron chi connectivity index (χ2n) is 7.22. The zero-order valence-electron chi connectivity index (χ0n) is 13.1. The lowest BCUT2D eigenvalue weighted by Crippen LogP contribution is -2.47. The molecule has 2 unspecified atom stereocenters. The Labute approximate surface area is 126 Å². The van der Waals surface area contributed by atoms with Crippen molar-refractivity contribution in [1.29, 1.82) is 0 Å². The van der Waals surface area contributed by atoms with E-state index in [4.69, 9.17) is 0 Å². The van der Waals surface area contributed by atoms with Gasteiger partial charge in [-0.1, -0.05) is 44.2 Å². The van der Waals surface area contributed by atoms with Gasteiger partial charge in [0.1, 0.15) is 5.41 Å². The zero-order chi connectivity index (χ0) is 15.3. The first kappa shape index (κ1) is 14.3. The van der Waals surface area contributed by atoms with E-state index >= 15 is 0 Å². The highest BCUT2D eigenvalue weighted by atomic mass is 16.2. The van der Waals surface area contributed by atoms with E-state index in [1.165, 1.54) is 0 Å². The molecule has 2 fully saturated rings. The van der Waals surface area contributed by atoms with Crippen LogP contribution in [0.5, 0.6) is 0 Å². The summed E-state index contributed by atoms with van der Waals surface area (Å²) < 4.78 is 0. The highest BCUT2D eigenvalue weighted by Gasteiger charge is 2.65. The SMILES string of the molecule is CN(Cc1ccccc1)C(=O)C12CCC(C1)C(C)(C)C2=O. The van der Waals surface area contributed by atoms with Gasteiger partial charge in [-0.3, -0.25) is 9.59 Å². The van der Waals surface area contributed by atoms with E-state index in [0.29, 0.717) is 12.5 Å². The number of benzene rings is 1. The molecule has 1 aromatic rings. The lowest BCUT2D eigenvalue weighted by atomic mass is 9.70. The number of ketones is 1. The minimum atomic E-state index is -0.738. The van der Waals surface area contributed by atoms with Gasteiger partial charge >= 0.3 is 0 Å². The maximum Gasteiger partial charge on any atom is 0.236 e. The normalized spacial score (nSPS) is 29.7. The molecule has 0 radical (unpaired) electrons. The Bertz CT molecular complexity index is 578. The number of hydrogen-bond acceptors (Lipinski definition) is 2. The first-order valence-corrected chi connectivity index (χ1v) is 7.72. The number of amides is 1. The molecule has 3 rings (SSSR count). The first-order chi connectivity index (χ1) is 9.88. The summed E-state index contributed by atoms with van der Waals surface area (Å²) in [5.41, 5.74) is 0.0307. The second kappa shape index (κ2) is 4.69. The van der Waals surface area contributed by atoms with Crippen molar-refractivity contribution in [3.8, 4) is 0 Å². The lowest BCUT2D eigenvalue weighted by molar-refractivity contribution is -0.151. The van der Waals surface area contributed by atoms with E-state index in [2.05, 4.69) is 0 Å². The van der Waals surface area contributed by atoms with Crippen molar-refractivity contribution in [3.63, 3.8) is 0 Å². The minimum Gasteiger partial charge on any atom is -0.341 e. The molecule has 2 saturated carbocycles. The summed E-state index contributed by atoms with van der Waals surface area (Å²) in [6, 6.07) is 9.94. The molecule has 2 aliphatic rings. The van der Waals surface area contributed by atoms with Crippen LogP contribution >= 0.6 is 0 Å². The summed E-state index contributed by atoms with van der Waals surface area (Å²) in [6.45, 7) is 4.58. The highest BCUT2D eigenvalue weighted by Crippen LogP contribution is 2.60. The summed E-state index contributed by atoms with van der Waals surface area (Å²) in [4.78, 5) is 27.4. The van der Waals surface area contributed by atoms with Crippen LogP contribution in [-0.4, -0.2) is 23.6 Å². The molecule has 0 spiro atoms. The van der Waals surface area contributed by atoms with Gasteiger partial charge in [-0.15, -0.1) is 0 Å². The monoisotopic (exact) mass is 285 g/mol. The standard InChI is InChI=1S/C18H23NO2/c1-17(2)14-9-10-18(11-14,15(17)20)16(21)19(3)12-13-7-5-4-6-8-13/h4-8,14H,9-12H2,1-3H3. The molecular weight excluding hydrogens is 262 g/mol. The van der Waals surface area contributed by atoms with Crippen LogP contribution in [0, 0.1) is 16.7 Å². The Morgan fingerprint density at radius 2 is 1.95 bits per heavy atom. The van der Waals surface area contributed by atoms with E-state index in [9.17, 15) is 9.59 Å². The minimum absolute atomic E-state index is 0.0180. The van der Waals surface area contributed by atoms with Gasteiger partial charge in [-0.05, 0) is 30.7 Å². The summed E-state index contributed by atoms with van der Waals surface area (Å²) in [6.07, 6.45) is 2.48. The van der Waals surface area contributed by atoms with E-state index in [1.807, 2.05) is 51.2 Å². The molecular formula is C18H23NO2. The van der Waals surface area contributed by atoms with Crippen molar-refractivity contribution in [1.82, 2.24) is 4.90 Å². The smallest absolute Gasteiger partial charge is 0.236 e. The van der Waals surface area contributed by atoms with Crippen LogP contribution in [0.2, 0.25) is 0 Å². The van der Waals surface area contributed by atoms with E-state index < -0.39 is 5.41 Å². The van der Waals surface area contributed by atoms with Gasteiger partial charge < -0.3 is 4.90 Å². The van der Waals surface area contributed by atoms with Crippen molar-refractivity contribution in [2.75, 3.05) is 7.05 Å². The molecule has 2 atom stereocenters. The van der Waals surface area contributed by atoms with Gasteiger partial charge in [-0.25, -0.2) is 0 Å². The molecule has 2 bridgehead atoms. The number of fused-ring (bicyclic) bond motifs is 2. The number of carbonyl (C=O) groups excluding carboxylic acids is 2. The highest BCUT2D eigenvalue weighted by molar-refractivity contribution is 6.10. The Hall–Kier alpha value is -1.64. The molecule has 1 amide bonds. The van der Waals surface area contributed by atoms with E-state index in [-0.39, 0.29) is 17.1 Å². The fraction of sp³-hybridized carbons (Fsp3) is 0.556. The fourth-order valence-electron chi connectivity index (χ4n) is 4.26. The summed E-state index contributed by atoms with van der Waals surface area (Å²) in [5.74, 6) is 0.555. The second-order valence-corrected chi connectivity index (χ2v) is 7.22. The molecule has 1 aromatic carbocycles. The first-order valence-electron chi connectivity index (χ1n) is 7.72. The number of carbonyl (C=O) groups is 2. The molecule has 3 heteroatoms. The molecule has 112 valence electrons. The zero-order valence-corrected chi connectivity index (χ0v) is 13.1. The van der Waals surface area contributed by atoms with Crippen LogP contribution in [0.15, 0.2) is 30.3 Å². The van der Waals surface area contributed by atoms with E-state index in [1.54, 1.807) is 4.90 Å². The van der Waals surface area contributed by atoms with Crippen LogP contribution in [0.25, 0.3) is 0 Å². The van der Waals surface area contributed by atoms with Crippen LogP contribution in [0.1, 0.15) is 38.7 Å². The quantitative estimate of drug-likeness (QED) is 0.801. The Kier molecular flexibility index (Phi) is 3.19. The number of rotatable bonds is 3. The van der Waals surface area contributed by atoms with Crippen LogP contribution < -0.4 is 0 Å². The van der Waals surface area contributed by atoms with Crippen molar-refractivity contribution in [2.45, 2.75) is 39.7 Å². The van der Waals surface area contributed by atoms with Gasteiger partial charge in [-0.2, -0.15) is 0 Å². The van der Waals surface area contributed by atoms with Gasteiger partial charge in [0.2, 0.25) is 5.91 Å². The summed E-state index contributed by atoms with van der Waals surface area (Å²) in [5, 5.41) is 0. The Morgan fingerprint density at radius 1 is 1.29 bits per heavy atom. The molecule has 0 aromatic heterocycles. The molecule has 2 aliphatic carbocycles. The Morgan fingerprint density at radius 3 is 2.52 bits per heavy atom. The third kappa shape index (κ3) is 2.02. The van der Waals surface area contributed by atoms with Crippen molar-refractivity contribution in [3.05, 3.63) is 35.9 Å². The molecule has 0 heterocycles. The molecule has 0 aliphatic heterocycles. The maximum atomic E-state index is 12.9. The summed E-state index contributed by atoms with van der Waals surface area (Å²) in [7, 11) is 1.82. The van der Waals surface area contributed by atoms with Crippen molar-refractivity contribution < 1.29 is 9.59 Å². The number of nitrogens with zero attached hydrogens (tertiary/aromatic N) is 1. The van der Waals surface area contributed by atoms with E-state index in [0.717, 1.165) is 24.8 Å². The van der Waals surface area contributed by atoms with Crippen LogP contribution in [0.4, 0.5) is 0 Å². The molecule has 0 saturated heterocycles. The third-order valence-corrected chi connectivity index (χ3v) is 5.57. The van der Waals surface area contributed by atoms with Crippen LogP contribution in [-0.2, 0) is 16.1 Å². The topological polar surface area (TPSA) is 37.4 Å². The number of hydrogen-bond donors (Lipinski definition) is 0. The Balaban J connectivity index is 1.81. The number of Topliss-reactive ketones (excluding diaryl/α,β-unsaturated/α-hetero) is 1. The van der Waals surface area contributed by atoms with Crippen molar-refractivity contribution in [2.24, 2.45) is 16.7 Å². The summed E-state index contributed by atoms with van der Waals surface area (Å²) >= 11 is 0. The van der Waals surface area contributed by atoms with Crippen molar-refractivity contribution >= 4 is 11.7 Å². The third-order valence-electron chi connectivity index (χ3n) is 5.57. The lowest BCUT2D eigenvalue weighted by Gasteiger charge is -2.34. The van der Waals surface area contributed by atoms with Gasteiger partial charge in [0, 0.05) is 19.0 Å². The largest absolute Gasteiger partial charge is 0.341 e. The average molecular weight is 285 g/mol. The van der Waals surface area contributed by atoms with Gasteiger partial charge in [0.15, 0.2) is 5.78 Å². The fourth-order valence-corrected chi connectivity index (χ4v) is 4.26. The maximum absolute atomic E-state index is 12.9. The van der Waals surface area contributed by atoms with Gasteiger partial charge in [0.05, 0.1) is 0 Å². The van der Waals surface area contributed by atoms with Gasteiger partial charge in [0.25, 0.3) is 0 Å². The predicted molar refractivity (Wildman–Crippen MR) is 81.5 cm³/mol. The van der Waals surface area contributed by atoms with Crippen LogP contribution in [0.3, 0.4) is 0 Å². The molecule has 0 N–H and O–H groups in total. The molecule has 21 heavy (non-hydrogen) atoms. The average Bonchev–Trinajstić information content (AvgIpc) is 2.99. The predicted octanol–water partition coefficient (Wildman–Crippen LogP) is 3.04. The molecule has 3 nitrogen and oxygen atoms in total.